The molecule has 0 saturated carbocycles. The van der Waals surface area contributed by atoms with E-state index in [9.17, 15) is 9.65 Å². The van der Waals surface area contributed by atoms with Crippen LogP contribution in [0.25, 0.3) is 33.5 Å². The van der Waals surface area contributed by atoms with Crippen molar-refractivity contribution in [2.24, 2.45) is 5.73 Å². The maximum Gasteiger partial charge on any atom is 0.151 e. The number of hydrogen-bond donors (Lipinski definition) is 2. The van der Waals surface area contributed by atoms with Crippen molar-refractivity contribution in [3.05, 3.63) is 66.2 Å². The highest BCUT2D eigenvalue weighted by atomic mass is 19.1. The molecule has 2 aromatic heterocycles. The summed E-state index contributed by atoms with van der Waals surface area (Å²) in [6.45, 7) is 3.49. The van der Waals surface area contributed by atoms with E-state index < -0.39 is 0 Å². The van der Waals surface area contributed by atoms with Gasteiger partial charge in [0.25, 0.3) is 0 Å². The van der Waals surface area contributed by atoms with Crippen LogP contribution in [0.4, 0.5) is 10.1 Å². The van der Waals surface area contributed by atoms with E-state index in [1.807, 2.05) is 25.1 Å². The molecular formula is C24H21FN6. The van der Waals surface area contributed by atoms with Gasteiger partial charge in [-0.05, 0) is 43.2 Å². The summed E-state index contributed by atoms with van der Waals surface area (Å²) in [4.78, 5) is 14.5. The minimum Gasteiger partial charge on any atom is -0.368 e. The van der Waals surface area contributed by atoms with E-state index in [1.54, 1.807) is 30.6 Å². The van der Waals surface area contributed by atoms with Gasteiger partial charge in [0.05, 0.1) is 28.4 Å². The Morgan fingerprint density at radius 2 is 2.00 bits per heavy atom. The van der Waals surface area contributed by atoms with Crippen molar-refractivity contribution in [2.45, 2.75) is 18.9 Å². The van der Waals surface area contributed by atoms with Crippen LogP contribution in [0.1, 0.15) is 18.9 Å². The molecule has 2 aromatic carbocycles. The number of pyridine rings is 1. The number of halogens is 1. The summed E-state index contributed by atoms with van der Waals surface area (Å²) in [6, 6.07) is 14.5. The number of rotatable bonds is 3. The number of benzene rings is 2. The monoisotopic (exact) mass is 412 g/mol. The van der Waals surface area contributed by atoms with E-state index in [0.717, 1.165) is 35.3 Å². The minimum absolute atomic E-state index is 0.297. The zero-order valence-corrected chi connectivity index (χ0v) is 17.1. The van der Waals surface area contributed by atoms with Gasteiger partial charge in [-0.2, -0.15) is 5.26 Å². The number of para-hydroxylation sites is 1. The number of hydrogen-bond acceptors (Lipinski definition) is 5. The van der Waals surface area contributed by atoms with Gasteiger partial charge in [-0.25, -0.2) is 9.37 Å². The standard InChI is InChI=1S/C24H21FN6/c1-24(27)8-9-31(14-24)22-17(16-5-2-4-15(10-16)11-26)12-28-13-18(22)23-29-20-7-3-6-19(25)21(20)30-23/h2-7,10,12-13H,8-9,14,27H2,1H3,(H,29,30)/t24-/m0/s1. The smallest absolute Gasteiger partial charge is 0.151 e. The summed E-state index contributed by atoms with van der Waals surface area (Å²) in [5.74, 6) is 0.176. The zero-order valence-electron chi connectivity index (χ0n) is 17.1. The Kier molecular flexibility index (Phi) is 4.45. The summed E-state index contributed by atoms with van der Waals surface area (Å²) in [5.41, 5.74) is 11.1. The molecule has 1 atom stereocenters. The molecule has 1 aliphatic heterocycles. The predicted octanol–water partition coefficient (Wildman–Crippen LogP) is 4.23. The Hall–Kier alpha value is -3.76. The summed E-state index contributed by atoms with van der Waals surface area (Å²) in [6.07, 6.45) is 4.39. The van der Waals surface area contributed by atoms with Crippen molar-refractivity contribution in [3.8, 4) is 28.6 Å². The molecule has 31 heavy (non-hydrogen) atoms. The van der Waals surface area contributed by atoms with Crippen LogP contribution in [0.2, 0.25) is 0 Å². The van der Waals surface area contributed by atoms with Crippen molar-refractivity contribution in [2.75, 3.05) is 18.0 Å². The second-order valence-corrected chi connectivity index (χ2v) is 8.32. The van der Waals surface area contributed by atoms with Crippen LogP contribution in [0.5, 0.6) is 0 Å². The maximum atomic E-state index is 14.3. The number of aromatic nitrogens is 3. The van der Waals surface area contributed by atoms with E-state index >= 15 is 0 Å². The Labute approximate surface area is 179 Å². The number of H-pyrrole nitrogens is 1. The molecule has 0 unspecified atom stereocenters. The molecule has 5 rings (SSSR count). The average molecular weight is 412 g/mol. The van der Waals surface area contributed by atoms with Gasteiger partial charge in [0, 0.05) is 36.6 Å². The first-order chi connectivity index (χ1) is 14.9. The van der Waals surface area contributed by atoms with Crippen molar-refractivity contribution >= 4 is 16.7 Å². The molecule has 0 amide bonds. The summed E-state index contributed by atoms with van der Waals surface area (Å²) in [5, 5.41) is 9.35. The second-order valence-electron chi connectivity index (χ2n) is 8.32. The van der Waals surface area contributed by atoms with Crippen LogP contribution < -0.4 is 10.6 Å². The van der Waals surface area contributed by atoms with Crippen LogP contribution in [0.3, 0.4) is 0 Å². The fourth-order valence-electron chi connectivity index (χ4n) is 4.24. The van der Waals surface area contributed by atoms with Gasteiger partial charge in [0.2, 0.25) is 0 Å². The molecule has 0 radical (unpaired) electrons. The lowest BCUT2D eigenvalue weighted by Gasteiger charge is -2.26. The topological polar surface area (TPSA) is 94.6 Å². The van der Waals surface area contributed by atoms with Crippen molar-refractivity contribution in [1.82, 2.24) is 15.0 Å². The normalized spacial score (nSPS) is 18.5. The molecule has 1 fully saturated rings. The van der Waals surface area contributed by atoms with E-state index in [-0.39, 0.29) is 11.4 Å². The lowest BCUT2D eigenvalue weighted by Crippen LogP contribution is -2.39. The van der Waals surface area contributed by atoms with Gasteiger partial charge in [0.1, 0.15) is 11.3 Å². The van der Waals surface area contributed by atoms with E-state index in [2.05, 4.69) is 25.9 Å². The second kappa shape index (κ2) is 7.18. The number of anilines is 1. The van der Waals surface area contributed by atoms with Crippen molar-refractivity contribution in [1.29, 1.82) is 5.26 Å². The Morgan fingerprint density at radius 1 is 1.19 bits per heavy atom. The highest BCUT2D eigenvalue weighted by Gasteiger charge is 2.33. The number of nitriles is 1. The zero-order chi connectivity index (χ0) is 21.6. The minimum atomic E-state index is -0.372. The fourth-order valence-corrected chi connectivity index (χ4v) is 4.24. The Bertz CT molecular complexity index is 1330. The SMILES string of the molecule is C[C@]1(N)CCN(c2c(-c3cccc(C#N)c3)cncc2-c2nc3c(F)cccc3[nH]2)C1. The lowest BCUT2D eigenvalue weighted by molar-refractivity contribution is 0.525. The average Bonchev–Trinajstić information content (AvgIpc) is 3.37. The molecule has 0 spiro atoms. The van der Waals surface area contributed by atoms with Gasteiger partial charge in [-0.1, -0.05) is 18.2 Å². The lowest BCUT2D eigenvalue weighted by atomic mass is 9.99. The van der Waals surface area contributed by atoms with Gasteiger partial charge < -0.3 is 15.6 Å². The molecule has 6 nitrogen and oxygen atoms in total. The Morgan fingerprint density at radius 3 is 2.74 bits per heavy atom. The molecule has 3 heterocycles. The summed E-state index contributed by atoms with van der Waals surface area (Å²) >= 11 is 0. The van der Waals surface area contributed by atoms with Crippen molar-refractivity contribution in [3.63, 3.8) is 0 Å². The number of nitrogens with two attached hydrogens (primary N) is 1. The van der Waals surface area contributed by atoms with Crippen LogP contribution >= 0.6 is 0 Å². The van der Waals surface area contributed by atoms with E-state index in [4.69, 9.17) is 5.73 Å². The maximum absolute atomic E-state index is 14.3. The number of fused-ring (bicyclic) bond motifs is 1. The fraction of sp³-hybridized carbons (Fsp3) is 0.208. The largest absolute Gasteiger partial charge is 0.368 e. The van der Waals surface area contributed by atoms with Gasteiger partial charge in [-0.15, -0.1) is 0 Å². The molecule has 0 bridgehead atoms. The van der Waals surface area contributed by atoms with Crippen LogP contribution in [-0.4, -0.2) is 33.6 Å². The number of nitrogens with one attached hydrogen (secondary N) is 1. The highest BCUT2D eigenvalue weighted by Crippen LogP contribution is 2.41. The molecule has 7 heteroatoms. The third kappa shape index (κ3) is 3.41. The third-order valence-corrected chi connectivity index (χ3v) is 5.76. The van der Waals surface area contributed by atoms with Crippen LogP contribution in [0, 0.1) is 17.1 Å². The van der Waals surface area contributed by atoms with Crippen LogP contribution in [0.15, 0.2) is 54.9 Å². The van der Waals surface area contributed by atoms with E-state index in [0.29, 0.717) is 29.0 Å². The summed E-state index contributed by atoms with van der Waals surface area (Å²) in [7, 11) is 0. The first-order valence-corrected chi connectivity index (χ1v) is 10.1. The summed E-state index contributed by atoms with van der Waals surface area (Å²) < 4.78 is 14.3. The number of aromatic amines is 1. The van der Waals surface area contributed by atoms with Gasteiger partial charge in [0.15, 0.2) is 5.82 Å². The first kappa shape index (κ1) is 19.2. The molecule has 0 aliphatic carbocycles. The van der Waals surface area contributed by atoms with Gasteiger partial charge in [-0.3, -0.25) is 4.98 Å². The van der Waals surface area contributed by atoms with Crippen LogP contribution in [-0.2, 0) is 0 Å². The highest BCUT2D eigenvalue weighted by molar-refractivity contribution is 5.91. The molecular weight excluding hydrogens is 391 g/mol. The molecule has 1 aliphatic rings. The third-order valence-electron chi connectivity index (χ3n) is 5.76. The number of imidazole rings is 1. The quantitative estimate of drug-likeness (QED) is 0.525. The number of nitrogens with zero attached hydrogens (tertiary/aromatic N) is 4. The van der Waals surface area contributed by atoms with Crippen molar-refractivity contribution < 1.29 is 4.39 Å². The molecule has 3 N–H and O–H groups in total. The predicted molar refractivity (Wildman–Crippen MR) is 119 cm³/mol. The Balaban J connectivity index is 1.74. The molecule has 154 valence electrons. The van der Waals surface area contributed by atoms with E-state index in [1.165, 1.54) is 6.07 Å². The first-order valence-electron chi connectivity index (χ1n) is 10.1. The van der Waals surface area contributed by atoms with Gasteiger partial charge >= 0.3 is 0 Å². The molecule has 1 saturated heterocycles. The molecule has 4 aromatic rings.